The molecule has 0 aliphatic carbocycles. The molecular formula is C16H19F2N3O5. The van der Waals surface area contributed by atoms with E-state index in [9.17, 15) is 18.7 Å². The van der Waals surface area contributed by atoms with E-state index in [1.54, 1.807) is 4.90 Å². The number of benzene rings is 1. The van der Waals surface area contributed by atoms with Crippen LogP contribution in [-0.2, 0) is 19.0 Å². The van der Waals surface area contributed by atoms with Gasteiger partial charge in [-0.05, 0) is 12.1 Å². The Kier molecular flexibility index (Phi) is 6.98. The number of ether oxygens (including phenoxy) is 3. The summed E-state index contributed by atoms with van der Waals surface area (Å²) < 4.78 is 43.0. The largest absolute Gasteiger partial charge is 0.507 e. The van der Waals surface area contributed by atoms with Crippen LogP contribution in [0.3, 0.4) is 0 Å². The maximum absolute atomic E-state index is 14.3. The fourth-order valence-electron chi connectivity index (χ4n) is 2.28. The predicted octanol–water partition coefficient (Wildman–Crippen LogP) is 2.47. The molecule has 1 aliphatic heterocycles. The highest BCUT2D eigenvalue weighted by atomic mass is 19.2. The predicted molar refractivity (Wildman–Crippen MR) is 87.5 cm³/mol. The second kappa shape index (κ2) is 9.20. The first kappa shape index (κ1) is 19.7. The van der Waals surface area contributed by atoms with Gasteiger partial charge in [-0.1, -0.05) is 0 Å². The summed E-state index contributed by atoms with van der Waals surface area (Å²) in [5.41, 5.74) is -0.895. The number of aliphatic hydroxyl groups is 1. The third kappa shape index (κ3) is 4.52. The van der Waals surface area contributed by atoms with Gasteiger partial charge in [-0.25, -0.2) is 13.6 Å². The van der Waals surface area contributed by atoms with Gasteiger partial charge in [0.2, 0.25) is 5.70 Å². The standard InChI is InChI=1S/C16H19F2N3O5/c1-24-9-12(22)15(16(23)25-2)20-19-10-3-4-11(14(18)13(10)17)21-5-7-26-8-6-21/h3-4,22H,5-9H2,1-2H3/b15-12+,20-19?. The summed E-state index contributed by atoms with van der Waals surface area (Å²) in [4.78, 5) is 13.3. The van der Waals surface area contributed by atoms with Gasteiger partial charge in [0.05, 0.1) is 26.0 Å². The lowest BCUT2D eigenvalue weighted by atomic mass is 10.2. The molecule has 142 valence electrons. The molecule has 1 aliphatic rings. The molecule has 1 heterocycles. The minimum atomic E-state index is -1.21. The molecule has 26 heavy (non-hydrogen) atoms. The molecule has 1 aromatic rings. The topological polar surface area (TPSA) is 93.0 Å². The first-order valence-corrected chi connectivity index (χ1v) is 7.71. The number of methoxy groups -OCH3 is 2. The van der Waals surface area contributed by atoms with E-state index in [1.807, 2.05) is 0 Å². The first-order chi connectivity index (χ1) is 12.5. The van der Waals surface area contributed by atoms with Crippen molar-refractivity contribution in [2.24, 2.45) is 10.2 Å². The zero-order valence-electron chi connectivity index (χ0n) is 14.4. The molecule has 1 N–H and O–H groups in total. The second-order valence-electron chi connectivity index (χ2n) is 5.25. The molecule has 0 bridgehead atoms. The van der Waals surface area contributed by atoms with Crippen LogP contribution in [0.4, 0.5) is 20.2 Å². The number of esters is 1. The van der Waals surface area contributed by atoms with E-state index in [4.69, 9.17) is 4.74 Å². The lowest BCUT2D eigenvalue weighted by Crippen LogP contribution is -2.36. The summed E-state index contributed by atoms with van der Waals surface area (Å²) in [5, 5.41) is 16.7. The van der Waals surface area contributed by atoms with Crippen molar-refractivity contribution in [2.75, 3.05) is 52.0 Å². The fraction of sp³-hybridized carbons (Fsp3) is 0.438. The van der Waals surface area contributed by atoms with Crippen LogP contribution in [0.1, 0.15) is 0 Å². The van der Waals surface area contributed by atoms with Crippen LogP contribution in [-0.4, -0.2) is 58.2 Å². The van der Waals surface area contributed by atoms with E-state index in [-0.39, 0.29) is 12.3 Å². The van der Waals surface area contributed by atoms with Crippen molar-refractivity contribution < 1.29 is 32.9 Å². The van der Waals surface area contributed by atoms with Crippen molar-refractivity contribution in [1.82, 2.24) is 0 Å². The normalized spacial score (nSPS) is 15.9. The monoisotopic (exact) mass is 371 g/mol. The summed E-state index contributed by atoms with van der Waals surface area (Å²) in [5.74, 6) is -3.83. The molecule has 8 nitrogen and oxygen atoms in total. The molecule has 0 saturated carbocycles. The molecule has 0 radical (unpaired) electrons. The van der Waals surface area contributed by atoms with E-state index in [0.717, 1.165) is 7.11 Å². The molecular weight excluding hydrogens is 352 g/mol. The van der Waals surface area contributed by atoms with Crippen LogP contribution in [0.25, 0.3) is 0 Å². The number of morpholine rings is 1. The van der Waals surface area contributed by atoms with Crippen LogP contribution < -0.4 is 4.90 Å². The molecule has 0 spiro atoms. The van der Waals surface area contributed by atoms with Gasteiger partial charge < -0.3 is 24.2 Å². The molecule has 1 fully saturated rings. The van der Waals surface area contributed by atoms with Crippen LogP contribution in [0.2, 0.25) is 0 Å². The lowest BCUT2D eigenvalue weighted by molar-refractivity contribution is -0.136. The maximum Gasteiger partial charge on any atom is 0.362 e. The summed E-state index contributed by atoms with van der Waals surface area (Å²) in [6.07, 6.45) is 0. The van der Waals surface area contributed by atoms with Gasteiger partial charge in [0, 0.05) is 20.2 Å². The van der Waals surface area contributed by atoms with Gasteiger partial charge in [0.15, 0.2) is 17.4 Å². The first-order valence-electron chi connectivity index (χ1n) is 7.71. The number of azo groups is 1. The maximum atomic E-state index is 14.3. The van der Waals surface area contributed by atoms with Crippen molar-refractivity contribution in [3.8, 4) is 0 Å². The molecule has 1 aromatic carbocycles. The van der Waals surface area contributed by atoms with Gasteiger partial charge in [0.1, 0.15) is 12.3 Å². The third-order valence-corrected chi connectivity index (χ3v) is 3.58. The Morgan fingerprint density at radius 1 is 1.27 bits per heavy atom. The van der Waals surface area contributed by atoms with Crippen molar-refractivity contribution in [3.63, 3.8) is 0 Å². The molecule has 0 unspecified atom stereocenters. The summed E-state index contributed by atoms with van der Waals surface area (Å²) in [6, 6.07) is 2.60. The number of carbonyl (C=O) groups excluding carboxylic acids is 1. The highest BCUT2D eigenvalue weighted by Crippen LogP contribution is 2.30. The SMILES string of the molecule is COC/C(O)=C(\N=Nc1ccc(N2CCOCC2)c(F)c1F)C(=O)OC. The van der Waals surface area contributed by atoms with E-state index in [2.05, 4.69) is 19.7 Å². The number of anilines is 1. The molecule has 10 heteroatoms. The minimum absolute atomic E-state index is 0.0933. The molecule has 0 aromatic heterocycles. The number of nitrogens with zero attached hydrogens (tertiary/aromatic N) is 3. The Balaban J connectivity index is 2.30. The smallest absolute Gasteiger partial charge is 0.362 e. The van der Waals surface area contributed by atoms with Gasteiger partial charge in [-0.15, -0.1) is 10.2 Å². The second-order valence-corrected chi connectivity index (χ2v) is 5.25. The molecule has 0 atom stereocenters. The quantitative estimate of drug-likeness (QED) is 0.357. The zero-order valence-corrected chi connectivity index (χ0v) is 14.4. The van der Waals surface area contributed by atoms with Gasteiger partial charge >= 0.3 is 5.97 Å². The Morgan fingerprint density at radius 2 is 1.96 bits per heavy atom. The molecule has 1 saturated heterocycles. The van der Waals surface area contributed by atoms with Crippen LogP contribution >= 0.6 is 0 Å². The van der Waals surface area contributed by atoms with E-state index >= 15 is 0 Å². The Bertz CT molecular complexity index is 718. The van der Waals surface area contributed by atoms with E-state index in [1.165, 1.54) is 19.2 Å². The lowest BCUT2D eigenvalue weighted by Gasteiger charge is -2.29. The summed E-state index contributed by atoms with van der Waals surface area (Å²) in [6.45, 7) is 1.41. The minimum Gasteiger partial charge on any atom is -0.507 e. The summed E-state index contributed by atoms with van der Waals surface area (Å²) in [7, 11) is 2.37. The number of halogens is 2. The van der Waals surface area contributed by atoms with Crippen molar-refractivity contribution in [2.45, 2.75) is 0 Å². The average Bonchev–Trinajstić information content (AvgIpc) is 2.66. The highest BCUT2D eigenvalue weighted by molar-refractivity contribution is 5.88. The number of rotatable bonds is 6. The average molecular weight is 371 g/mol. The highest BCUT2D eigenvalue weighted by Gasteiger charge is 2.21. The van der Waals surface area contributed by atoms with E-state index in [0.29, 0.717) is 26.3 Å². The van der Waals surface area contributed by atoms with Gasteiger partial charge in [0.25, 0.3) is 0 Å². The van der Waals surface area contributed by atoms with Crippen LogP contribution in [0.5, 0.6) is 0 Å². The van der Waals surface area contributed by atoms with Gasteiger partial charge in [-0.2, -0.15) is 0 Å². The number of carbonyl (C=O) groups is 1. The number of aliphatic hydroxyl groups excluding tert-OH is 1. The van der Waals surface area contributed by atoms with Crippen molar-refractivity contribution in [1.29, 1.82) is 0 Å². The number of hydrogen-bond acceptors (Lipinski definition) is 8. The van der Waals surface area contributed by atoms with Crippen molar-refractivity contribution in [3.05, 3.63) is 35.2 Å². The summed E-state index contributed by atoms with van der Waals surface area (Å²) >= 11 is 0. The number of hydrogen-bond donors (Lipinski definition) is 1. The molecule has 0 amide bonds. The Morgan fingerprint density at radius 3 is 2.58 bits per heavy atom. The third-order valence-electron chi connectivity index (χ3n) is 3.58. The Labute approximate surface area is 148 Å². The Hall–Kier alpha value is -2.59. The van der Waals surface area contributed by atoms with Crippen molar-refractivity contribution >= 4 is 17.3 Å². The van der Waals surface area contributed by atoms with E-state index < -0.39 is 34.7 Å². The zero-order chi connectivity index (χ0) is 19.1. The fourth-order valence-corrected chi connectivity index (χ4v) is 2.28. The molecule has 2 rings (SSSR count). The van der Waals surface area contributed by atoms with Crippen LogP contribution in [0.15, 0.2) is 33.8 Å². The van der Waals surface area contributed by atoms with Crippen LogP contribution in [0, 0.1) is 11.6 Å². The van der Waals surface area contributed by atoms with Gasteiger partial charge in [-0.3, -0.25) is 0 Å².